The number of hydrogen-bond donors (Lipinski definition) is 1. The Hall–Kier alpha value is -2.03. The Kier molecular flexibility index (Phi) is 3.82. The van der Waals surface area contributed by atoms with Gasteiger partial charge in [-0.1, -0.05) is 37.3 Å². The quantitative estimate of drug-likeness (QED) is 0.906. The molecule has 0 saturated heterocycles. The van der Waals surface area contributed by atoms with Crippen molar-refractivity contribution in [1.29, 1.82) is 0 Å². The molecule has 3 nitrogen and oxygen atoms in total. The van der Waals surface area contributed by atoms with Crippen molar-refractivity contribution in [3.05, 3.63) is 42.0 Å². The largest absolute Gasteiger partial charge is 0.506 e. The van der Waals surface area contributed by atoms with Crippen LogP contribution in [0.2, 0.25) is 0 Å². The molecular formula is C18H21NO2. The number of benzene rings is 2. The van der Waals surface area contributed by atoms with Crippen LogP contribution < -0.4 is 0 Å². The van der Waals surface area contributed by atoms with Gasteiger partial charge in [0, 0.05) is 18.5 Å². The van der Waals surface area contributed by atoms with Crippen LogP contribution in [0.5, 0.6) is 5.75 Å². The van der Waals surface area contributed by atoms with Crippen LogP contribution in [0.1, 0.15) is 36.5 Å². The maximum atomic E-state index is 12.7. The van der Waals surface area contributed by atoms with E-state index in [-0.39, 0.29) is 11.7 Å². The van der Waals surface area contributed by atoms with Gasteiger partial charge in [0.1, 0.15) is 5.75 Å². The van der Waals surface area contributed by atoms with Crippen LogP contribution in [0, 0.1) is 5.92 Å². The minimum atomic E-state index is -0.0491. The number of fused-ring (bicyclic) bond motifs is 1. The fraction of sp³-hybridized carbons (Fsp3) is 0.389. The zero-order valence-corrected chi connectivity index (χ0v) is 12.4. The summed E-state index contributed by atoms with van der Waals surface area (Å²) in [5, 5.41) is 12.1. The van der Waals surface area contributed by atoms with Crippen molar-refractivity contribution in [2.45, 2.75) is 26.2 Å². The van der Waals surface area contributed by atoms with Crippen molar-refractivity contribution < 1.29 is 9.90 Å². The van der Waals surface area contributed by atoms with Crippen LogP contribution in [0.25, 0.3) is 10.8 Å². The number of rotatable bonds is 5. The summed E-state index contributed by atoms with van der Waals surface area (Å²) in [6.07, 6.45) is 3.38. The van der Waals surface area contributed by atoms with Gasteiger partial charge in [-0.05, 0) is 36.6 Å². The first-order valence-corrected chi connectivity index (χ1v) is 7.70. The lowest BCUT2D eigenvalue weighted by Gasteiger charge is -2.22. The Morgan fingerprint density at radius 2 is 2.00 bits per heavy atom. The zero-order chi connectivity index (χ0) is 14.8. The Bertz CT molecular complexity index is 661. The highest BCUT2D eigenvalue weighted by Gasteiger charge is 2.28. The van der Waals surface area contributed by atoms with E-state index in [9.17, 15) is 9.90 Å². The third kappa shape index (κ3) is 2.87. The van der Waals surface area contributed by atoms with Gasteiger partial charge < -0.3 is 10.0 Å². The summed E-state index contributed by atoms with van der Waals surface area (Å²) in [6.45, 7) is 3.65. The summed E-state index contributed by atoms with van der Waals surface area (Å²) in [5.74, 6) is 0.713. The fourth-order valence-electron chi connectivity index (χ4n) is 2.76. The second-order valence-corrected chi connectivity index (χ2v) is 5.88. The Balaban J connectivity index is 1.93. The number of phenols is 1. The van der Waals surface area contributed by atoms with E-state index < -0.39 is 0 Å². The van der Waals surface area contributed by atoms with E-state index in [4.69, 9.17) is 0 Å². The topological polar surface area (TPSA) is 40.5 Å². The summed E-state index contributed by atoms with van der Waals surface area (Å²) in [4.78, 5) is 14.6. The van der Waals surface area contributed by atoms with E-state index in [1.165, 1.54) is 12.8 Å². The standard InChI is InChI=1S/C18H21NO2/c1-2-11-19(12-13-7-8-13)18(21)16-10-9-14-5-3-4-6-15(14)17(16)20/h3-6,9-10,13,20H,2,7-8,11-12H2,1H3. The normalized spacial score (nSPS) is 14.3. The first-order valence-electron chi connectivity index (χ1n) is 7.70. The minimum Gasteiger partial charge on any atom is -0.506 e. The zero-order valence-electron chi connectivity index (χ0n) is 12.4. The molecule has 1 aliphatic carbocycles. The van der Waals surface area contributed by atoms with Gasteiger partial charge in [0.2, 0.25) is 0 Å². The van der Waals surface area contributed by atoms with Gasteiger partial charge in [-0.2, -0.15) is 0 Å². The van der Waals surface area contributed by atoms with Gasteiger partial charge >= 0.3 is 0 Å². The van der Waals surface area contributed by atoms with Crippen molar-refractivity contribution >= 4 is 16.7 Å². The highest BCUT2D eigenvalue weighted by Crippen LogP contribution is 2.32. The second-order valence-electron chi connectivity index (χ2n) is 5.88. The molecule has 2 aromatic carbocycles. The van der Waals surface area contributed by atoms with Crippen molar-refractivity contribution in [3.63, 3.8) is 0 Å². The van der Waals surface area contributed by atoms with Gasteiger partial charge in [-0.15, -0.1) is 0 Å². The SMILES string of the molecule is CCCN(CC1CC1)C(=O)c1ccc2ccccc2c1O. The Labute approximate surface area is 125 Å². The molecule has 1 amide bonds. The number of hydrogen-bond acceptors (Lipinski definition) is 2. The van der Waals surface area contributed by atoms with E-state index in [0.29, 0.717) is 11.5 Å². The fourth-order valence-corrected chi connectivity index (χ4v) is 2.76. The average Bonchev–Trinajstić information content (AvgIpc) is 3.31. The third-order valence-electron chi connectivity index (χ3n) is 4.09. The summed E-state index contributed by atoms with van der Waals surface area (Å²) in [5.41, 5.74) is 0.419. The second kappa shape index (κ2) is 5.76. The molecule has 0 radical (unpaired) electrons. The molecule has 0 spiro atoms. The van der Waals surface area contributed by atoms with E-state index in [1.54, 1.807) is 6.07 Å². The summed E-state index contributed by atoms with van der Waals surface area (Å²) in [6, 6.07) is 11.3. The first-order chi connectivity index (χ1) is 10.2. The van der Waals surface area contributed by atoms with Gasteiger partial charge in [0.05, 0.1) is 5.56 Å². The molecule has 0 unspecified atom stereocenters. The predicted molar refractivity (Wildman–Crippen MR) is 84.5 cm³/mol. The lowest BCUT2D eigenvalue weighted by atomic mass is 10.0. The molecule has 0 atom stereocenters. The molecule has 1 N–H and O–H groups in total. The van der Waals surface area contributed by atoms with E-state index in [2.05, 4.69) is 6.92 Å². The highest BCUT2D eigenvalue weighted by molar-refractivity contribution is 6.03. The summed E-state index contributed by atoms with van der Waals surface area (Å²) in [7, 11) is 0. The van der Waals surface area contributed by atoms with Crippen LogP contribution in [0.15, 0.2) is 36.4 Å². The molecule has 110 valence electrons. The molecule has 0 heterocycles. The van der Waals surface area contributed by atoms with Crippen LogP contribution in [0.3, 0.4) is 0 Å². The number of nitrogens with zero attached hydrogens (tertiary/aromatic N) is 1. The average molecular weight is 283 g/mol. The van der Waals surface area contributed by atoms with Gasteiger partial charge in [0.15, 0.2) is 0 Å². The van der Waals surface area contributed by atoms with Gasteiger partial charge in [0.25, 0.3) is 5.91 Å². The first kappa shape index (κ1) is 13.9. The molecule has 21 heavy (non-hydrogen) atoms. The Morgan fingerprint density at radius 3 is 2.71 bits per heavy atom. The molecule has 1 saturated carbocycles. The number of carbonyl (C=O) groups is 1. The van der Waals surface area contributed by atoms with Crippen LogP contribution in [-0.2, 0) is 0 Å². The van der Waals surface area contributed by atoms with E-state index in [1.807, 2.05) is 35.2 Å². The van der Waals surface area contributed by atoms with E-state index in [0.717, 1.165) is 30.3 Å². The number of amides is 1. The van der Waals surface area contributed by atoms with Crippen LogP contribution in [0.4, 0.5) is 0 Å². The van der Waals surface area contributed by atoms with Gasteiger partial charge in [-0.25, -0.2) is 0 Å². The molecule has 2 aromatic rings. The molecule has 1 fully saturated rings. The van der Waals surface area contributed by atoms with Crippen LogP contribution in [-0.4, -0.2) is 29.0 Å². The predicted octanol–water partition coefficient (Wildman–Crippen LogP) is 3.81. The van der Waals surface area contributed by atoms with Crippen molar-refractivity contribution in [2.75, 3.05) is 13.1 Å². The number of carbonyl (C=O) groups excluding carboxylic acids is 1. The number of aromatic hydroxyl groups is 1. The maximum absolute atomic E-state index is 12.7. The molecule has 3 rings (SSSR count). The molecule has 0 aliphatic heterocycles. The summed E-state index contributed by atoms with van der Waals surface area (Å²) >= 11 is 0. The van der Waals surface area contributed by atoms with E-state index >= 15 is 0 Å². The lowest BCUT2D eigenvalue weighted by molar-refractivity contribution is 0.0745. The van der Waals surface area contributed by atoms with Crippen molar-refractivity contribution in [1.82, 2.24) is 4.90 Å². The third-order valence-corrected chi connectivity index (χ3v) is 4.09. The number of phenolic OH excluding ortho intramolecular Hbond substituents is 1. The molecule has 0 aromatic heterocycles. The smallest absolute Gasteiger partial charge is 0.257 e. The molecular weight excluding hydrogens is 262 g/mol. The lowest BCUT2D eigenvalue weighted by Crippen LogP contribution is -2.33. The van der Waals surface area contributed by atoms with Gasteiger partial charge in [-0.3, -0.25) is 4.79 Å². The molecule has 3 heteroatoms. The maximum Gasteiger partial charge on any atom is 0.257 e. The van der Waals surface area contributed by atoms with Crippen molar-refractivity contribution in [3.8, 4) is 5.75 Å². The summed E-state index contributed by atoms with van der Waals surface area (Å²) < 4.78 is 0. The minimum absolute atomic E-state index is 0.0491. The monoisotopic (exact) mass is 283 g/mol. The van der Waals surface area contributed by atoms with Crippen molar-refractivity contribution in [2.24, 2.45) is 5.92 Å². The Morgan fingerprint density at radius 1 is 1.24 bits per heavy atom. The molecule has 0 bridgehead atoms. The highest BCUT2D eigenvalue weighted by atomic mass is 16.3. The molecule has 1 aliphatic rings. The van der Waals surface area contributed by atoms with Crippen LogP contribution >= 0.6 is 0 Å².